The Hall–Kier alpha value is -3.22. The van der Waals surface area contributed by atoms with Crippen molar-refractivity contribution in [2.24, 2.45) is 5.10 Å². The van der Waals surface area contributed by atoms with E-state index < -0.39 is 0 Å². The highest BCUT2D eigenvalue weighted by Crippen LogP contribution is 2.28. The number of carbonyl (C=O) groups is 1. The van der Waals surface area contributed by atoms with Gasteiger partial charge in [-0.25, -0.2) is 5.43 Å². The molecule has 7 nitrogen and oxygen atoms in total. The van der Waals surface area contributed by atoms with Crippen molar-refractivity contribution in [3.8, 4) is 23.0 Å². The molecule has 0 heterocycles. The zero-order valence-corrected chi connectivity index (χ0v) is 15.2. The summed E-state index contributed by atoms with van der Waals surface area (Å²) in [5, 5.41) is 3.97. The molecule has 0 fully saturated rings. The normalized spacial score (nSPS) is 10.5. The average Bonchev–Trinajstić information content (AvgIpc) is 2.67. The molecule has 2 aromatic carbocycles. The molecule has 2 aromatic rings. The molecule has 0 aliphatic rings. The van der Waals surface area contributed by atoms with Gasteiger partial charge in [0.25, 0.3) is 0 Å². The van der Waals surface area contributed by atoms with Gasteiger partial charge in [0.05, 0.1) is 41.1 Å². The van der Waals surface area contributed by atoms with Crippen LogP contribution < -0.4 is 24.4 Å². The van der Waals surface area contributed by atoms with Gasteiger partial charge in [0.1, 0.15) is 0 Å². The molecular weight excluding hydrogens is 336 g/mol. The summed E-state index contributed by atoms with van der Waals surface area (Å²) < 4.78 is 20.8. The predicted molar refractivity (Wildman–Crippen MR) is 98.5 cm³/mol. The van der Waals surface area contributed by atoms with E-state index in [1.807, 2.05) is 6.07 Å². The smallest absolute Gasteiger partial charge is 0.244 e. The third-order valence-electron chi connectivity index (χ3n) is 3.62. The minimum absolute atomic E-state index is 0.170. The van der Waals surface area contributed by atoms with Crippen molar-refractivity contribution < 1.29 is 23.7 Å². The average molecular weight is 358 g/mol. The third-order valence-corrected chi connectivity index (χ3v) is 3.62. The monoisotopic (exact) mass is 358 g/mol. The lowest BCUT2D eigenvalue weighted by molar-refractivity contribution is -0.120. The molecule has 1 N–H and O–H groups in total. The number of hydrogen-bond donors (Lipinski definition) is 1. The quantitative estimate of drug-likeness (QED) is 0.579. The Kier molecular flexibility index (Phi) is 6.84. The van der Waals surface area contributed by atoms with Crippen molar-refractivity contribution in [2.75, 3.05) is 28.4 Å². The van der Waals surface area contributed by atoms with Gasteiger partial charge < -0.3 is 18.9 Å². The molecule has 2 rings (SSSR count). The van der Waals surface area contributed by atoms with Crippen molar-refractivity contribution in [2.45, 2.75) is 6.42 Å². The minimum atomic E-state index is -0.242. The SMILES string of the molecule is COc1ccc(/C=N\NC(=O)Cc2ccc(OC)c(OC)c2)cc1OC. The maximum atomic E-state index is 12.0. The van der Waals surface area contributed by atoms with E-state index >= 15 is 0 Å². The number of hydrogen-bond acceptors (Lipinski definition) is 6. The molecule has 0 spiro atoms. The van der Waals surface area contributed by atoms with E-state index in [9.17, 15) is 4.79 Å². The number of hydrazone groups is 1. The molecule has 0 saturated carbocycles. The van der Waals surface area contributed by atoms with E-state index in [1.165, 1.54) is 6.21 Å². The van der Waals surface area contributed by atoms with Gasteiger partial charge in [-0.2, -0.15) is 5.10 Å². The van der Waals surface area contributed by atoms with Crippen molar-refractivity contribution in [3.63, 3.8) is 0 Å². The van der Waals surface area contributed by atoms with Crippen LogP contribution in [0.4, 0.5) is 0 Å². The van der Waals surface area contributed by atoms with Crippen LogP contribution in [0.5, 0.6) is 23.0 Å². The second-order valence-corrected chi connectivity index (χ2v) is 5.27. The van der Waals surface area contributed by atoms with Gasteiger partial charge in [0.15, 0.2) is 23.0 Å². The summed E-state index contributed by atoms with van der Waals surface area (Å²) in [5.74, 6) is 2.17. The molecule has 1 amide bonds. The summed E-state index contributed by atoms with van der Waals surface area (Å²) in [6.45, 7) is 0. The molecule has 26 heavy (non-hydrogen) atoms. The van der Waals surface area contributed by atoms with Crippen molar-refractivity contribution in [1.29, 1.82) is 0 Å². The second-order valence-electron chi connectivity index (χ2n) is 5.27. The number of amides is 1. The summed E-state index contributed by atoms with van der Waals surface area (Å²) in [5.41, 5.74) is 4.06. The van der Waals surface area contributed by atoms with E-state index in [-0.39, 0.29) is 12.3 Å². The number of nitrogens with zero attached hydrogens (tertiary/aromatic N) is 1. The van der Waals surface area contributed by atoms with Gasteiger partial charge in [-0.05, 0) is 41.5 Å². The number of nitrogens with one attached hydrogen (secondary N) is 1. The summed E-state index contributed by atoms with van der Waals surface area (Å²) in [4.78, 5) is 12.0. The lowest BCUT2D eigenvalue weighted by Crippen LogP contribution is -2.19. The number of rotatable bonds is 8. The number of methoxy groups -OCH3 is 4. The Morgan fingerprint density at radius 1 is 0.885 bits per heavy atom. The summed E-state index contributed by atoms with van der Waals surface area (Å²) in [6, 6.07) is 10.7. The molecule has 0 saturated heterocycles. The molecule has 0 unspecified atom stereocenters. The maximum Gasteiger partial charge on any atom is 0.244 e. The zero-order chi connectivity index (χ0) is 18.9. The highest BCUT2D eigenvalue weighted by Gasteiger charge is 2.08. The third kappa shape index (κ3) is 4.89. The highest BCUT2D eigenvalue weighted by atomic mass is 16.5. The number of ether oxygens (including phenoxy) is 4. The maximum absolute atomic E-state index is 12.0. The van der Waals surface area contributed by atoms with Crippen molar-refractivity contribution in [3.05, 3.63) is 47.5 Å². The molecule has 138 valence electrons. The van der Waals surface area contributed by atoms with E-state index in [0.29, 0.717) is 23.0 Å². The van der Waals surface area contributed by atoms with E-state index in [2.05, 4.69) is 10.5 Å². The first-order valence-corrected chi connectivity index (χ1v) is 7.86. The molecule has 0 radical (unpaired) electrons. The number of carbonyl (C=O) groups excluding carboxylic acids is 1. The van der Waals surface area contributed by atoms with Gasteiger partial charge in [0.2, 0.25) is 5.91 Å². The largest absolute Gasteiger partial charge is 0.493 e. The van der Waals surface area contributed by atoms with Gasteiger partial charge >= 0.3 is 0 Å². The molecule has 0 aliphatic heterocycles. The fourth-order valence-corrected chi connectivity index (χ4v) is 2.33. The molecular formula is C19H22N2O5. The molecule has 7 heteroatoms. The van der Waals surface area contributed by atoms with Crippen LogP contribution in [-0.2, 0) is 11.2 Å². The van der Waals surface area contributed by atoms with Crippen molar-refractivity contribution >= 4 is 12.1 Å². The molecule has 0 bridgehead atoms. The van der Waals surface area contributed by atoms with E-state index in [0.717, 1.165) is 11.1 Å². The van der Waals surface area contributed by atoms with Crippen LogP contribution in [0.25, 0.3) is 0 Å². The second kappa shape index (κ2) is 9.31. The fraction of sp³-hybridized carbons (Fsp3) is 0.263. The topological polar surface area (TPSA) is 78.4 Å². The lowest BCUT2D eigenvalue weighted by Gasteiger charge is -2.09. The molecule has 0 aromatic heterocycles. The molecule has 0 aliphatic carbocycles. The summed E-state index contributed by atoms with van der Waals surface area (Å²) >= 11 is 0. The van der Waals surface area contributed by atoms with E-state index in [1.54, 1.807) is 58.8 Å². The van der Waals surface area contributed by atoms with Gasteiger partial charge in [-0.3, -0.25) is 4.79 Å². The van der Waals surface area contributed by atoms with Crippen LogP contribution >= 0.6 is 0 Å². The Morgan fingerprint density at radius 2 is 1.46 bits per heavy atom. The van der Waals surface area contributed by atoms with Crippen LogP contribution in [0.15, 0.2) is 41.5 Å². The van der Waals surface area contributed by atoms with Crippen molar-refractivity contribution in [1.82, 2.24) is 5.43 Å². The number of benzene rings is 2. The van der Waals surface area contributed by atoms with Crippen LogP contribution in [0, 0.1) is 0 Å². The van der Waals surface area contributed by atoms with Crippen LogP contribution in [-0.4, -0.2) is 40.6 Å². The first kappa shape index (κ1) is 19.1. The minimum Gasteiger partial charge on any atom is -0.493 e. The predicted octanol–water partition coefficient (Wildman–Crippen LogP) is 2.41. The van der Waals surface area contributed by atoms with Gasteiger partial charge in [0, 0.05) is 0 Å². The first-order valence-electron chi connectivity index (χ1n) is 7.86. The Bertz CT molecular complexity index is 789. The van der Waals surface area contributed by atoms with Crippen LogP contribution in [0.1, 0.15) is 11.1 Å². The first-order chi connectivity index (χ1) is 12.6. The highest BCUT2D eigenvalue weighted by molar-refractivity contribution is 5.84. The Morgan fingerprint density at radius 3 is 2.08 bits per heavy atom. The fourth-order valence-electron chi connectivity index (χ4n) is 2.33. The summed E-state index contributed by atoms with van der Waals surface area (Å²) in [7, 11) is 6.24. The van der Waals surface area contributed by atoms with Gasteiger partial charge in [-0.15, -0.1) is 0 Å². The lowest BCUT2D eigenvalue weighted by atomic mass is 10.1. The summed E-state index contributed by atoms with van der Waals surface area (Å²) in [6.07, 6.45) is 1.71. The standard InChI is InChI=1S/C19H22N2O5/c1-23-15-7-5-13(9-17(15)25-3)11-19(22)21-20-12-14-6-8-16(24-2)18(10-14)26-4/h5-10,12H,11H2,1-4H3,(H,21,22)/b20-12-. The Balaban J connectivity index is 1.97. The van der Waals surface area contributed by atoms with Crippen LogP contribution in [0.3, 0.4) is 0 Å². The zero-order valence-electron chi connectivity index (χ0n) is 15.2. The molecule has 0 atom stereocenters. The van der Waals surface area contributed by atoms with Gasteiger partial charge in [-0.1, -0.05) is 6.07 Å². The van der Waals surface area contributed by atoms with E-state index in [4.69, 9.17) is 18.9 Å². The Labute approximate surface area is 152 Å². The van der Waals surface area contributed by atoms with Crippen LogP contribution in [0.2, 0.25) is 0 Å².